The second-order valence-corrected chi connectivity index (χ2v) is 10.7. The Morgan fingerprint density at radius 2 is 1.90 bits per heavy atom. The van der Waals surface area contributed by atoms with Crippen LogP contribution >= 0.6 is 0 Å². The summed E-state index contributed by atoms with van der Waals surface area (Å²) in [6.07, 6.45) is 3.48. The van der Waals surface area contributed by atoms with Gasteiger partial charge in [0.2, 0.25) is 11.8 Å². The van der Waals surface area contributed by atoms with Gasteiger partial charge in [0.15, 0.2) is 6.29 Å². The molecule has 2 atom stereocenters. The van der Waals surface area contributed by atoms with E-state index in [1.165, 1.54) is 4.90 Å². The van der Waals surface area contributed by atoms with Crippen LogP contribution in [0.3, 0.4) is 0 Å². The van der Waals surface area contributed by atoms with Crippen LogP contribution in [0.4, 0.5) is 4.79 Å². The molecule has 218 valence electrons. The fourth-order valence-electron chi connectivity index (χ4n) is 5.98. The van der Waals surface area contributed by atoms with Gasteiger partial charge in [-0.15, -0.1) is 0 Å². The molecule has 2 fully saturated rings. The summed E-state index contributed by atoms with van der Waals surface area (Å²) in [6, 6.07) is 14.9. The number of fused-ring (bicyclic) bond motifs is 6. The summed E-state index contributed by atoms with van der Waals surface area (Å²) in [5.41, 5.74) is 6.77. The third kappa shape index (κ3) is 5.28. The molecule has 2 bridgehead atoms. The minimum atomic E-state index is -0.494. The molecule has 2 saturated heterocycles. The highest BCUT2D eigenvalue weighted by Crippen LogP contribution is 2.41. The van der Waals surface area contributed by atoms with Crippen molar-refractivity contribution >= 4 is 34.7 Å². The van der Waals surface area contributed by atoms with Gasteiger partial charge in [-0.25, -0.2) is 15.1 Å². The fourth-order valence-corrected chi connectivity index (χ4v) is 5.98. The van der Waals surface area contributed by atoms with Crippen LogP contribution < -0.4 is 10.8 Å². The van der Waals surface area contributed by atoms with E-state index in [1.54, 1.807) is 17.0 Å². The van der Waals surface area contributed by atoms with Crippen LogP contribution in [0, 0.1) is 0 Å². The van der Waals surface area contributed by atoms with Crippen molar-refractivity contribution in [1.29, 1.82) is 0 Å². The molecule has 11 heteroatoms. The number of imide groups is 1. The van der Waals surface area contributed by atoms with Crippen molar-refractivity contribution in [3.8, 4) is 0 Å². The van der Waals surface area contributed by atoms with Crippen LogP contribution in [0.25, 0.3) is 10.9 Å². The minimum absolute atomic E-state index is 0.0941. The van der Waals surface area contributed by atoms with Crippen molar-refractivity contribution in [1.82, 2.24) is 25.2 Å². The third-order valence-electron chi connectivity index (χ3n) is 8.08. The van der Waals surface area contributed by atoms with Gasteiger partial charge in [-0.2, -0.15) is 0 Å². The van der Waals surface area contributed by atoms with E-state index in [9.17, 15) is 19.2 Å². The number of aromatic nitrogens is 1. The van der Waals surface area contributed by atoms with Crippen LogP contribution in [0.15, 0.2) is 61.2 Å². The number of benzene rings is 2. The standard InChI is InChI=1S/C31H33N5O6/c1-2-26(37)32-14-15-35-30(39)23-18-34(31(35)40)19-25-28(23)22-7-3-4-8-24(22)36(25)17-20-10-12-21(13-11-20)29(38)33-42-27-9-5-6-16-41-27/h2-4,7-8,10-13,23,27H,1,5-6,9,14-19H2,(H,32,37)(H,33,38). The zero-order valence-electron chi connectivity index (χ0n) is 23.2. The molecule has 0 aliphatic carbocycles. The largest absolute Gasteiger partial charge is 0.351 e. The topological polar surface area (TPSA) is 122 Å². The highest BCUT2D eigenvalue weighted by Gasteiger charge is 2.45. The lowest BCUT2D eigenvalue weighted by atomic mass is 9.89. The smallest absolute Gasteiger partial charge is 0.327 e. The number of hydrogen-bond acceptors (Lipinski definition) is 6. The summed E-state index contributed by atoms with van der Waals surface area (Å²) in [4.78, 5) is 59.4. The van der Waals surface area contributed by atoms with E-state index in [4.69, 9.17) is 9.57 Å². The molecular weight excluding hydrogens is 538 g/mol. The quantitative estimate of drug-likeness (QED) is 0.301. The first-order chi connectivity index (χ1) is 20.4. The predicted octanol–water partition coefficient (Wildman–Crippen LogP) is 3.04. The maximum atomic E-state index is 13.6. The van der Waals surface area contributed by atoms with E-state index >= 15 is 0 Å². The summed E-state index contributed by atoms with van der Waals surface area (Å²) in [6.45, 7) is 5.50. The molecule has 4 heterocycles. The van der Waals surface area contributed by atoms with E-state index in [0.717, 1.165) is 53.1 Å². The van der Waals surface area contributed by atoms with Gasteiger partial charge >= 0.3 is 6.03 Å². The molecule has 0 radical (unpaired) electrons. The van der Waals surface area contributed by atoms with Crippen LogP contribution in [0.2, 0.25) is 0 Å². The molecule has 2 N–H and O–H groups in total. The number of ether oxygens (including phenoxy) is 1. The molecule has 6 rings (SSSR count). The molecule has 0 spiro atoms. The molecule has 11 nitrogen and oxygen atoms in total. The molecule has 3 aromatic rings. The van der Waals surface area contributed by atoms with E-state index < -0.39 is 12.2 Å². The molecule has 3 aliphatic rings. The summed E-state index contributed by atoms with van der Waals surface area (Å²) < 4.78 is 7.65. The van der Waals surface area contributed by atoms with Gasteiger partial charge in [-0.3, -0.25) is 19.3 Å². The van der Waals surface area contributed by atoms with Gasteiger partial charge in [0.25, 0.3) is 5.91 Å². The van der Waals surface area contributed by atoms with Crippen molar-refractivity contribution in [2.75, 3.05) is 26.2 Å². The zero-order chi connectivity index (χ0) is 29.2. The number of amides is 5. The molecule has 1 aromatic heterocycles. The SMILES string of the molecule is C=CC(=O)NCCN1C(=O)C2CN(Cc3c2c2ccccc2n3Cc2ccc(C(=O)NOC3CCCCO3)cc2)C1=O. The Balaban J connectivity index is 1.22. The van der Waals surface area contributed by atoms with Gasteiger partial charge in [0.1, 0.15) is 0 Å². The summed E-state index contributed by atoms with van der Waals surface area (Å²) in [5.74, 6) is -1.45. The predicted molar refractivity (Wildman–Crippen MR) is 153 cm³/mol. The van der Waals surface area contributed by atoms with Crippen molar-refractivity contribution < 1.29 is 28.8 Å². The Kier molecular flexibility index (Phi) is 7.77. The van der Waals surface area contributed by atoms with Gasteiger partial charge in [-0.1, -0.05) is 36.9 Å². The monoisotopic (exact) mass is 571 g/mol. The number of rotatable bonds is 9. The van der Waals surface area contributed by atoms with Crippen LogP contribution in [0.1, 0.15) is 52.4 Å². The van der Waals surface area contributed by atoms with E-state index in [2.05, 4.69) is 21.9 Å². The maximum absolute atomic E-state index is 13.6. The molecule has 2 aromatic carbocycles. The molecule has 3 aliphatic heterocycles. The van der Waals surface area contributed by atoms with E-state index in [0.29, 0.717) is 31.8 Å². The first-order valence-corrected chi connectivity index (χ1v) is 14.2. The average Bonchev–Trinajstić information content (AvgIpc) is 3.34. The number of urea groups is 1. The normalized spacial score (nSPS) is 19.9. The van der Waals surface area contributed by atoms with Crippen molar-refractivity contribution in [2.24, 2.45) is 0 Å². The summed E-state index contributed by atoms with van der Waals surface area (Å²) in [5, 5.41) is 3.62. The summed E-state index contributed by atoms with van der Waals surface area (Å²) >= 11 is 0. The fraction of sp³-hybridized carbons (Fsp3) is 0.355. The molecule has 42 heavy (non-hydrogen) atoms. The Morgan fingerprint density at radius 1 is 1.10 bits per heavy atom. The second kappa shape index (κ2) is 11.8. The van der Waals surface area contributed by atoms with Gasteiger partial charge < -0.3 is 19.5 Å². The molecule has 2 unspecified atom stereocenters. The first kappa shape index (κ1) is 27.7. The summed E-state index contributed by atoms with van der Waals surface area (Å²) in [7, 11) is 0. The Labute approximate surface area is 243 Å². The molecule has 0 saturated carbocycles. The zero-order valence-corrected chi connectivity index (χ0v) is 23.2. The Morgan fingerprint density at radius 3 is 2.67 bits per heavy atom. The van der Waals surface area contributed by atoms with Crippen LogP contribution in [-0.4, -0.2) is 70.7 Å². The number of para-hydroxylation sites is 1. The Bertz CT molecular complexity index is 1540. The highest BCUT2D eigenvalue weighted by atomic mass is 16.8. The number of carbonyl (C=O) groups excluding carboxylic acids is 4. The van der Waals surface area contributed by atoms with Gasteiger partial charge in [0, 0.05) is 61.4 Å². The number of hydrogen-bond donors (Lipinski definition) is 2. The van der Waals surface area contributed by atoms with Gasteiger partial charge in [-0.05, 0) is 48.2 Å². The Hall–Kier alpha value is -4.48. The first-order valence-electron chi connectivity index (χ1n) is 14.2. The van der Waals surface area contributed by atoms with Crippen molar-refractivity contribution in [2.45, 2.75) is 44.6 Å². The average molecular weight is 572 g/mol. The highest BCUT2D eigenvalue weighted by molar-refractivity contribution is 6.04. The minimum Gasteiger partial charge on any atom is -0.351 e. The van der Waals surface area contributed by atoms with Crippen molar-refractivity contribution in [3.05, 3.63) is 83.6 Å². The third-order valence-corrected chi connectivity index (χ3v) is 8.08. The van der Waals surface area contributed by atoms with Gasteiger partial charge in [0.05, 0.1) is 12.5 Å². The number of nitrogens with zero attached hydrogens (tertiary/aromatic N) is 3. The van der Waals surface area contributed by atoms with E-state index in [-0.39, 0.29) is 36.8 Å². The maximum Gasteiger partial charge on any atom is 0.327 e. The molecular formula is C31H33N5O6. The lowest BCUT2D eigenvalue weighted by Crippen LogP contribution is -2.58. The lowest BCUT2D eigenvalue weighted by Gasteiger charge is -2.42. The lowest BCUT2D eigenvalue weighted by molar-refractivity contribution is -0.186. The number of hydroxylamine groups is 1. The van der Waals surface area contributed by atoms with Crippen molar-refractivity contribution in [3.63, 3.8) is 0 Å². The van der Waals surface area contributed by atoms with Crippen LogP contribution in [0.5, 0.6) is 0 Å². The van der Waals surface area contributed by atoms with E-state index in [1.807, 2.05) is 36.4 Å². The number of nitrogens with one attached hydrogen (secondary N) is 2. The number of carbonyl (C=O) groups is 4. The van der Waals surface area contributed by atoms with Crippen LogP contribution in [-0.2, 0) is 32.3 Å². The second-order valence-electron chi connectivity index (χ2n) is 10.7. The molecule has 5 amide bonds.